The third-order valence-electron chi connectivity index (χ3n) is 5.64. The van der Waals surface area contributed by atoms with E-state index in [4.69, 9.17) is 10.3 Å². The van der Waals surface area contributed by atoms with E-state index in [2.05, 4.69) is 27.3 Å². The third-order valence-corrected chi connectivity index (χ3v) is 5.64. The number of aromatic nitrogens is 3. The molecule has 1 fully saturated rings. The Bertz CT molecular complexity index is 1130. The fourth-order valence-electron chi connectivity index (χ4n) is 3.91. The second-order valence-electron chi connectivity index (χ2n) is 8.15. The number of carbonyl (C=O) groups is 1. The summed E-state index contributed by atoms with van der Waals surface area (Å²) in [6.45, 7) is 3.50. The molecule has 0 saturated heterocycles. The van der Waals surface area contributed by atoms with Gasteiger partial charge in [-0.05, 0) is 44.0 Å². The number of aliphatic hydroxyl groups is 1. The number of amides is 1. The van der Waals surface area contributed by atoms with Crippen LogP contribution in [0.5, 0.6) is 0 Å². The van der Waals surface area contributed by atoms with E-state index >= 15 is 0 Å². The molecule has 4 rings (SSSR count). The van der Waals surface area contributed by atoms with Gasteiger partial charge in [-0.1, -0.05) is 17.0 Å². The molecule has 1 aliphatic carbocycles. The van der Waals surface area contributed by atoms with Crippen LogP contribution >= 0.6 is 0 Å². The molecular formula is C24H27N5O3. The molecule has 1 aliphatic rings. The van der Waals surface area contributed by atoms with E-state index in [0.717, 1.165) is 24.0 Å². The Hall–Kier alpha value is -3.41. The summed E-state index contributed by atoms with van der Waals surface area (Å²) < 4.78 is 7.39. The molecule has 8 nitrogen and oxygen atoms in total. The quantitative estimate of drug-likeness (QED) is 0.514. The Morgan fingerprint density at radius 3 is 2.78 bits per heavy atom. The summed E-state index contributed by atoms with van der Waals surface area (Å²) in [5.74, 6) is 7.98. The number of benzene rings is 1. The van der Waals surface area contributed by atoms with Crippen molar-refractivity contribution in [3.8, 4) is 23.2 Å². The van der Waals surface area contributed by atoms with E-state index in [0.29, 0.717) is 29.7 Å². The van der Waals surface area contributed by atoms with Crippen molar-refractivity contribution in [2.24, 2.45) is 11.7 Å². The maximum absolute atomic E-state index is 11.1. The van der Waals surface area contributed by atoms with Crippen LogP contribution in [-0.4, -0.2) is 38.3 Å². The SMILES string of the molecule is CC(=O)N[C@H]1C[C@H](C#Cc2ccc(-c3cc(C(CN)n4ccnc4C(C)O)no3)cc2)C1. The van der Waals surface area contributed by atoms with Crippen LogP contribution in [0.2, 0.25) is 0 Å². The molecule has 4 N–H and O–H groups in total. The zero-order chi connectivity index (χ0) is 22.7. The minimum Gasteiger partial charge on any atom is -0.385 e. The zero-order valence-electron chi connectivity index (χ0n) is 18.2. The van der Waals surface area contributed by atoms with Crippen molar-refractivity contribution in [1.82, 2.24) is 20.0 Å². The van der Waals surface area contributed by atoms with Gasteiger partial charge in [0.15, 0.2) is 5.76 Å². The fourth-order valence-corrected chi connectivity index (χ4v) is 3.91. The van der Waals surface area contributed by atoms with Gasteiger partial charge in [0, 0.05) is 55.0 Å². The Morgan fingerprint density at radius 1 is 1.38 bits per heavy atom. The highest BCUT2D eigenvalue weighted by molar-refractivity contribution is 5.73. The molecule has 1 saturated carbocycles. The minimum atomic E-state index is -0.713. The standard InChI is InChI=1S/C24H27N5O3/c1-15(30)24-26-9-10-29(24)22(14-25)21-13-23(32-28-21)19-7-5-17(6-8-19)3-4-18-11-20(12-18)27-16(2)31/h5-10,13,15,18,20,22,30H,11-12,14,25H2,1-2H3,(H,27,31)/t15?,18-,20-,22?. The fraction of sp³-hybridized carbons (Fsp3) is 0.375. The van der Waals surface area contributed by atoms with Gasteiger partial charge in [0.05, 0.1) is 6.04 Å². The molecule has 32 heavy (non-hydrogen) atoms. The van der Waals surface area contributed by atoms with Crippen LogP contribution in [0, 0.1) is 17.8 Å². The average molecular weight is 434 g/mol. The first-order valence-electron chi connectivity index (χ1n) is 10.7. The van der Waals surface area contributed by atoms with Crippen molar-refractivity contribution in [2.75, 3.05) is 6.54 Å². The van der Waals surface area contributed by atoms with E-state index in [-0.39, 0.29) is 18.0 Å². The van der Waals surface area contributed by atoms with Crippen LogP contribution in [0.15, 0.2) is 47.2 Å². The number of carbonyl (C=O) groups excluding carboxylic acids is 1. The molecule has 0 aliphatic heterocycles. The van der Waals surface area contributed by atoms with Crippen LogP contribution < -0.4 is 11.1 Å². The molecule has 166 valence electrons. The van der Waals surface area contributed by atoms with Crippen LogP contribution in [0.1, 0.15) is 55.9 Å². The van der Waals surface area contributed by atoms with Gasteiger partial charge < -0.3 is 25.2 Å². The lowest BCUT2D eigenvalue weighted by atomic mass is 9.80. The van der Waals surface area contributed by atoms with Crippen molar-refractivity contribution < 1.29 is 14.4 Å². The lowest BCUT2D eigenvalue weighted by Crippen LogP contribution is -2.42. The van der Waals surface area contributed by atoms with Gasteiger partial charge >= 0.3 is 0 Å². The lowest BCUT2D eigenvalue weighted by Gasteiger charge is -2.32. The lowest BCUT2D eigenvalue weighted by molar-refractivity contribution is -0.120. The molecule has 2 atom stereocenters. The first-order valence-corrected chi connectivity index (χ1v) is 10.7. The topological polar surface area (TPSA) is 119 Å². The summed E-state index contributed by atoms with van der Waals surface area (Å²) in [6.07, 6.45) is 4.51. The predicted molar refractivity (Wildman–Crippen MR) is 119 cm³/mol. The monoisotopic (exact) mass is 433 g/mol. The molecule has 0 bridgehead atoms. The predicted octanol–water partition coefficient (Wildman–Crippen LogP) is 2.41. The first kappa shape index (κ1) is 21.8. The first-order chi connectivity index (χ1) is 15.4. The van der Waals surface area contributed by atoms with E-state index in [1.807, 2.05) is 34.9 Å². The van der Waals surface area contributed by atoms with Crippen molar-refractivity contribution >= 4 is 5.91 Å². The Labute approximate surface area is 186 Å². The van der Waals surface area contributed by atoms with Gasteiger partial charge in [0.25, 0.3) is 0 Å². The molecule has 1 amide bonds. The minimum absolute atomic E-state index is 0.0128. The van der Waals surface area contributed by atoms with Crippen molar-refractivity contribution in [3.63, 3.8) is 0 Å². The smallest absolute Gasteiger partial charge is 0.217 e. The molecule has 8 heteroatoms. The largest absolute Gasteiger partial charge is 0.385 e. The van der Waals surface area contributed by atoms with Crippen molar-refractivity contribution in [2.45, 2.75) is 44.9 Å². The van der Waals surface area contributed by atoms with Crippen LogP contribution in [0.25, 0.3) is 11.3 Å². The molecule has 3 aromatic rings. The van der Waals surface area contributed by atoms with E-state index in [1.165, 1.54) is 0 Å². The van der Waals surface area contributed by atoms with Crippen LogP contribution in [-0.2, 0) is 4.79 Å². The Kier molecular flexibility index (Phi) is 6.40. The third kappa shape index (κ3) is 4.74. The number of nitrogens with zero attached hydrogens (tertiary/aromatic N) is 3. The maximum atomic E-state index is 11.1. The highest BCUT2D eigenvalue weighted by atomic mass is 16.5. The van der Waals surface area contributed by atoms with Gasteiger partial charge in [-0.25, -0.2) is 4.98 Å². The summed E-state index contributed by atoms with van der Waals surface area (Å²) in [5, 5.41) is 17.1. The molecular weight excluding hydrogens is 406 g/mol. The molecule has 2 aromatic heterocycles. The van der Waals surface area contributed by atoms with Crippen LogP contribution in [0.4, 0.5) is 0 Å². The molecule has 0 spiro atoms. The van der Waals surface area contributed by atoms with E-state index in [9.17, 15) is 9.90 Å². The van der Waals surface area contributed by atoms with E-state index < -0.39 is 6.10 Å². The van der Waals surface area contributed by atoms with Gasteiger partial charge in [0.2, 0.25) is 5.91 Å². The number of hydrogen-bond donors (Lipinski definition) is 3. The Morgan fingerprint density at radius 2 is 2.12 bits per heavy atom. The highest BCUT2D eigenvalue weighted by Crippen LogP contribution is 2.28. The summed E-state index contributed by atoms with van der Waals surface area (Å²) in [7, 11) is 0. The highest BCUT2D eigenvalue weighted by Gasteiger charge is 2.28. The van der Waals surface area contributed by atoms with Gasteiger partial charge in [-0.2, -0.15) is 0 Å². The molecule has 0 radical (unpaired) electrons. The number of aliphatic hydroxyl groups excluding tert-OH is 1. The second-order valence-corrected chi connectivity index (χ2v) is 8.15. The van der Waals surface area contributed by atoms with Gasteiger partial charge in [-0.3, -0.25) is 4.79 Å². The number of nitrogens with two attached hydrogens (primary N) is 1. The normalized spacial score (nSPS) is 19.4. The number of rotatable bonds is 6. The molecule has 1 aromatic carbocycles. The average Bonchev–Trinajstić information content (AvgIpc) is 3.41. The maximum Gasteiger partial charge on any atom is 0.217 e. The second kappa shape index (κ2) is 9.39. The summed E-state index contributed by atoms with van der Waals surface area (Å²) >= 11 is 0. The summed E-state index contributed by atoms with van der Waals surface area (Å²) in [6, 6.07) is 9.64. The summed E-state index contributed by atoms with van der Waals surface area (Å²) in [4.78, 5) is 15.3. The molecule has 2 heterocycles. The van der Waals surface area contributed by atoms with Gasteiger partial charge in [-0.15, -0.1) is 0 Å². The number of hydrogen-bond acceptors (Lipinski definition) is 6. The molecule has 2 unspecified atom stereocenters. The van der Waals surface area contributed by atoms with Crippen molar-refractivity contribution in [1.29, 1.82) is 0 Å². The Balaban J connectivity index is 1.43. The van der Waals surface area contributed by atoms with Gasteiger partial charge in [0.1, 0.15) is 17.6 Å². The van der Waals surface area contributed by atoms with Crippen molar-refractivity contribution in [3.05, 3.63) is 59.8 Å². The summed E-state index contributed by atoms with van der Waals surface area (Å²) in [5.41, 5.74) is 8.48. The van der Waals surface area contributed by atoms with Crippen LogP contribution in [0.3, 0.4) is 0 Å². The zero-order valence-corrected chi connectivity index (χ0v) is 18.2. The number of nitrogens with one attached hydrogen (secondary N) is 1. The van der Waals surface area contributed by atoms with E-state index in [1.54, 1.807) is 26.2 Å². The number of imidazole rings is 1.